The van der Waals surface area contributed by atoms with Crippen LogP contribution in [-0.4, -0.2) is 49.4 Å². The Balaban J connectivity index is 1.39. The van der Waals surface area contributed by atoms with E-state index in [9.17, 15) is 4.79 Å². The van der Waals surface area contributed by atoms with Gasteiger partial charge in [-0.15, -0.1) is 0 Å². The van der Waals surface area contributed by atoms with Crippen molar-refractivity contribution in [3.63, 3.8) is 0 Å². The second kappa shape index (κ2) is 9.18. The van der Waals surface area contributed by atoms with E-state index < -0.39 is 11.7 Å². The summed E-state index contributed by atoms with van der Waals surface area (Å²) in [5.74, 6) is 0.417. The molecule has 1 aromatic carbocycles. The standard InChI is InChI=1S/C25H31N7O3/c1-25(2,3)35-24(33)27-11-12-31-15-18-22(30-31)17-8-7-16(14-19(17)29-23(18)26)20-9-10-28-32(20)21-6-4-5-13-34-21/h7-10,14-15,21H,4-6,11-13H2,1-3H3,(H2,26,29)(H,27,33). The molecule has 4 heterocycles. The summed E-state index contributed by atoms with van der Waals surface area (Å²) in [6, 6.07) is 8.09. The lowest BCUT2D eigenvalue weighted by atomic mass is 10.1. The number of nitrogens with one attached hydrogen (secondary N) is 1. The second-order valence-corrected chi connectivity index (χ2v) is 9.79. The molecule has 184 valence electrons. The fourth-order valence-electron chi connectivity index (χ4n) is 4.37. The van der Waals surface area contributed by atoms with E-state index in [0.29, 0.717) is 18.9 Å². The summed E-state index contributed by atoms with van der Waals surface area (Å²) in [5, 5.41) is 13.7. The molecule has 0 spiro atoms. The van der Waals surface area contributed by atoms with Crippen molar-refractivity contribution >= 4 is 33.7 Å². The van der Waals surface area contributed by atoms with Gasteiger partial charge in [-0.05, 0) is 58.2 Å². The zero-order chi connectivity index (χ0) is 24.6. The Morgan fingerprint density at radius 1 is 1.26 bits per heavy atom. The first kappa shape index (κ1) is 23.1. The molecule has 10 heteroatoms. The van der Waals surface area contributed by atoms with Crippen LogP contribution in [0.5, 0.6) is 0 Å². The largest absolute Gasteiger partial charge is 0.444 e. The molecule has 1 aliphatic rings. The molecule has 35 heavy (non-hydrogen) atoms. The number of ether oxygens (including phenoxy) is 2. The van der Waals surface area contributed by atoms with E-state index in [2.05, 4.69) is 21.5 Å². The summed E-state index contributed by atoms with van der Waals surface area (Å²) >= 11 is 0. The normalized spacial score (nSPS) is 16.6. The number of carbonyl (C=O) groups is 1. The number of fused-ring (bicyclic) bond motifs is 3. The molecule has 3 N–H and O–H groups in total. The maximum absolute atomic E-state index is 11.9. The van der Waals surface area contributed by atoms with E-state index >= 15 is 0 Å². The quantitative estimate of drug-likeness (QED) is 0.440. The lowest BCUT2D eigenvalue weighted by Crippen LogP contribution is -2.34. The van der Waals surface area contributed by atoms with Crippen LogP contribution >= 0.6 is 0 Å². The smallest absolute Gasteiger partial charge is 0.407 e. The highest BCUT2D eigenvalue weighted by Gasteiger charge is 2.20. The minimum Gasteiger partial charge on any atom is -0.444 e. The molecule has 3 aromatic heterocycles. The van der Waals surface area contributed by atoms with Crippen LogP contribution in [0.4, 0.5) is 10.6 Å². The van der Waals surface area contributed by atoms with Crippen molar-refractivity contribution in [2.24, 2.45) is 0 Å². The highest BCUT2D eigenvalue weighted by molar-refractivity contribution is 6.08. The SMILES string of the molecule is CC(C)(C)OC(=O)NCCn1cc2c(N)nc3cc(-c4ccnn4C4CCCCO4)ccc3c2n1. The molecular weight excluding hydrogens is 446 g/mol. The molecule has 5 rings (SSSR count). The van der Waals surface area contributed by atoms with Gasteiger partial charge in [-0.2, -0.15) is 10.2 Å². The lowest BCUT2D eigenvalue weighted by molar-refractivity contribution is -0.0383. The second-order valence-electron chi connectivity index (χ2n) is 9.79. The molecule has 0 radical (unpaired) electrons. The molecule has 0 bridgehead atoms. The average molecular weight is 478 g/mol. The molecule has 1 amide bonds. The number of benzene rings is 1. The molecular formula is C25H31N7O3. The fraction of sp³-hybridized carbons (Fsp3) is 0.440. The number of anilines is 1. The number of rotatable bonds is 5. The van der Waals surface area contributed by atoms with Crippen LogP contribution in [0.3, 0.4) is 0 Å². The van der Waals surface area contributed by atoms with Crippen molar-refractivity contribution in [1.29, 1.82) is 0 Å². The topological polar surface area (TPSA) is 122 Å². The molecule has 0 aliphatic carbocycles. The average Bonchev–Trinajstić information content (AvgIpc) is 3.46. The summed E-state index contributed by atoms with van der Waals surface area (Å²) in [6.07, 6.45) is 6.34. The zero-order valence-corrected chi connectivity index (χ0v) is 20.3. The van der Waals surface area contributed by atoms with E-state index in [-0.39, 0.29) is 6.23 Å². The van der Waals surface area contributed by atoms with Gasteiger partial charge in [0.25, 0.3) is 0 Å². The highest BCUT2D eigenvalue weighted by atomic mass is 16.6. The van der Waals surface area contributed by atoms with E-state index in [1.165, 1.54) is 0 Å². The van der Waals surface area contributed by atoms with Gasteiger partial charge < -0.3 is 20.5 Å². The summed E-state index contributed by atoms with van der Waals surface area (Å²) < 4.78 is 14.9. The molecule has 1 unspecified atom stereocenters. The van der Waals surface area contributed by atoms with Crippen LogP contribution in [0.25, 0.3) is 33.1 Å². The maximum Gasteiger partial charge on any atom is 0.407 e. The van der Waals surface area contributed by atoms with Gasteiger partial charge in [0.05, 0.1) is 23.1 Å². The van der Waals surface area contributed by atoms with Crippen LogP contribution in [-0.2, 0) is 16.0 Å². The van der Waals surface area contributed by atoms with Gasteiger partial charge in [0.2, 0.25) is 0 Å². The predicted molar refractivity (Wildman–Crippen MR) is 134 cm³/mol. The number of nitrogens with two attached hydrogens (primary N) is 1. The minimum atomic E-state index is -0.538. The Bertz CT molecular complexity index is 1360. The van der Waals surface area contributed by atoms with E-state index in [0.717, 1.165) is 58.9 Å². The molecule has 0 saturated carbocycles. The first-order chi connectivity index (χ1) is 16.8. The number of amides is 1. The number of nitrogens with zero attached hydrogens (tertiary/aromatic N) is 5. The van der Waals surface area contributed by atoms with E-state index in [4.69, 9.17) is 20.3 Å². The minimum absolute atomic E-state index is 0.0463. The number of aromatic nitrogens is 5. The number of nitrogen functional groups attached to an aromatic ring is 1. The Morgan fingerprint density at radius 2 is 2.11 bits per heavy atom. The van der Waals surface area contributed by atoms with Crippen LogP contribution in [0.1, 0.15) is 46.3 Å². The summed E-state index contributed by atoms with van der Waals surface area (Å²) in [5.41, 5.74) is 9.29. The van der Waals surface area contributed by atoms with Crippen molar-refractivity contribution in [3.05, 3.63) is 36.7 Å². The summed E-state index contributed by atoms with van der Waals surface area (Å²) in [4.78, 5) is 16.5. The molecule has 10 nitrogen and oxygen atoms in total. The van der Waals surface area contributed by atoms with Crippen molar-refractivity contribution in [1.82, 2.24) is 29.9 Å². The van der Waals surface area contributed by atoms with E-state index in [1.54, 1.807) is 10.9 Å². The molecule has 1 atom stereocenters. The fourth-order valence-corrected chi connectivity index (χ4v) is 4.37. The van der Waals surface area contributed by atoms with Crippen LogP contribution in [0.2, 0.25) is 0 Å². The van der Waals surface area contributed by atoms with E-state index in [1.807, 2.05) is 49.8 Å². The highest BCUT2D eigenvalue weighted by Crippen LogP contribution is 2.32. The molecule has 1 fully saturated rings. The molecule has 1 saturated heterocycles. The molecule has 1 aliphatic heterocycles. The van der Waals surface area contributed by atoms with Crippen molar-refractivity contribution in [2.45, 2.75) is 58.4 Å². The zero-order valence-electron chi connectivity index (χ0n) is 20.3. The Hall–Kier alpha value is -3.66. The Morgan fingerprint density at radius 3 is 2.89 bits per heavy atom. The number of hydrogen-bond acceptors (Lipinski definition) is 7. The van der Waals surface area contributed by atoms with Gasteiger partial charge in [-0.3, -0.25) is 4.68 Å². The van der Waals surface area contributed by atoms with Crippen molar-refractivity contribution in [3.8, 4) is 11.3 Å². The maximum atomic E-state index is 11.9. The monoisotopic (exact) mass is 477 g/mol. The first-order valence-electron chi connectivity index (χ1n) is 12.0. The van der Waals surface area contributed by atoms with Crippen molar-refractivity contribution in [2.75, 3.05) is 18.9 Å². The third-order valence-corrected chi connectivity index (χ3v) is 5.94. The number of hydrogen-bond donors (Lipinski definition) is 2. The van der Waals surface area contributed by atoms with Gasteiger partial charge >= 0.3 is 6.09 Å². The van der Waals surface area contributed by atoms with Gasteiger partial charge in [0, 0.05) is 36.5 Å². The van der Waals surface area contributed by atoms with Crippen LogP contribution in [0.15, 0.2) is 36.7 Å². The van der Waals surface area contributed by atoms with Crippen molar-refractivity contribution < 1.29 is 14.3 Å². The van der Waals surface area contributed by atoms with Gasteiger partial charge in [-0.25, -0.2) is 14.5 Å². The number of pyridine rings is 1. The third-order valence-electron chi connectivity index (χ3n) is 5.94. The summed E-state index contributed by atoms with van der Waals surface area (Å²) in [6.45, 7) is 7.11. The van der Waals surface area contributed by atoms with Crippen LogP contribution < -0.4 is 11.1 Å². The van der Waals surface area contributed by atoms with Gasteiger partial charge in [0.1, 0.15) is 16.9 Å². The Labute approximate surface area is 203 Å². The predicted octanol–water partition coefficient (Wildman–Crippen LogP) is 4.25. The van der Waals surface area contributed by atoms with Gasteiger partial charge in [0.15, 0.2) is 6.23 Å². The lowest BCUT2D eigenvalue weighted by Gasteiger charge is -2.24. The van der Waals surface area contributed by atoms with Gasteiger partial charge in [-0.1, -0.05) is 6.07 Å². The first-order valence-corrected chi connectivity index (χ1v) is 12.0. The summed E-state index contributed by atoms with van der Waals surface area (Å²) in [7, 11) is 0. The molecule has 4 aromatic rings. The number of carbonyl (C=O) groups excluding carboxylic acids is 1. The van der Waals surface area contributed by atoms with Crippen LogP contribution in [0, 0.1) is 0 Å². The third kappa shape index (κ3) is 4.93. The Kier molecular flexibility index (Phi) is 6.06. The number of alkyl carbamates (subject to hydrolysis) is 1.